The first-order valence-electron chi connectivity index (χ1n) is 8.70. The minimum atomic E-state index is 0.817. The second-order valence-electron chi connectivity index (χ2n) is 6.50. The zero-order valence-electron chi connectivity index (χ0n) is 13.1. The lowest BCUT2D eigenvalue weighted by Gasteiger charge is -2.18. The van der Waals surface area contributed by atoms with Crippen LogP contribution in [0.4, 0.5) is 0 Å². The molecule has 0 spiro atoms. The molecule has 0 saturated heterocycles. The first-order valence-corrected chi connectivity index (χ1v) is 8.70. The van der Waals surface area contributed by atoms with Crippen LogP contribution in [-0.2, 0) is 6.42 Å². The summed E-state index contributed by atoms with van der Waals surface area (Å²) in [5, 5.41) is 2.91. The molecule has 1 saturated carbocycles. The van der Waals surface area contributed by atoms with Gasteiger partial charge in [-0.1, -0.05) is 75.4 Å². The number of hydrogen-bond donors (Lipinski definition) is 0. The molecule has 0 aromatic heterocycles. The lowest BCUT2D eigenvalue weighted by molar-refractivity contribution is 0.669. The topological polar surface area (TPSA) is 0 Å². The van der Waals surface area contributed by atoms with Crippen LogP contribution in [0.5, 0.6) is 0 Å². The van der Waals surface area contributed by atoms with Crippen LogP contribution in [0.2, 0.25) is 0 Å². The van der Waals surface area contributed by atoms with Gasteiger partial charge in [-0.05, 0) is 53.5 Å². The van der Waals surface area contributed by atoms with Crippen LogP contribution in [0, 0.1) is 6.92 Å². The Kier molecular flexibility index (Phi) is 4.95. The van der Waals surface area contributed by atoms with Crippen LogP contribution in [0.3, 0.4) is 0 Å². The van der Waals surface area contributed by atoms with Crippen LogP contribution in [0.25, 0.3) is 10.8 Å². The smallest absolute Gasteiger partial charge is 0.0149 e. The van der Waals surface area contributed by atoms with Crippen LogP contribution in [0.15, 0.2) is 36.4 Å². The SMILES string of the molecule is [CH2]CCCCCc1c(C2CCCC2)ccc2ccccc12. The number of benzene rings is 2. The third kappa shape index (κ3) is 3.31. The normalized spacial score (nSPS) is 15.9. The Balaban J connectivity index is 1.92. The van der Waals surface area contributed by atoms with Gasteiger partial charge in [-0.2, -0.15) is 0 Å². The molecule has 1 aliphatic rings. The van der Waals surface area contributed by atoms with Gasteiger partial charge in [0.25, 0.3) is 0 Å². The molecule has 0 amide bonds. The maximum Gasteiger partial charge on any atom is -0.0149 e. The maximum atomic E-state index is 3.96. The van der Waals surface area contributed by atoms with Crippen LogP contribution in [-0.4, -0.2) is 0 Å². The average molecular weight is 279 g/mol. The Morgan fingerprint density at radius 1 is 0.905 bits per heavy atom. The molecule has 111 valence electrons. The second-order valence-corrected chi connectivity index (χ2v) is 6.50. The molecule has 21 heavy (non-hydrogen) atoms. The molecule has 1 radical (unpaired) electrons. The molecule has 0 heteroatoms. The lowest BCUT2D eigenvalue weighted by Crippen LogP contribution is -2.01. The highest BCUT2D eigenvalue weighted by Crippen LogP contribution is 2.38. The summed E-state index contributed by atoms with van der Waals surface area (Å²) in [6.45, 7) is 3.96. The summed E-state index contributed by atoms with van der Waals surface area (Å²) in [5.74, 6) is 0.817. The van der Waals surface area contributed by atoms with Crippen LogP contribution >= 0.6 is 0 Å². The Morgan fingerprint density at radius 3 is 2.52 bits per heavy atom. The van der Waals surface area contributed by atoms with E-state index < -0.39 is 0 Å². The molecule has 3 rings (SSSR count). The van der Waals surface area contributed by atoms with E-state index in [4.69, 9.17) is 0 Å². The van der Waals surface area contributed by atoms with Crippen molar-refractivity contribution in [2.75, 3.05) is 0 Å². The standard InChI is InChI=1S/C21H27/c1-2-3-4-5-14-21-19-13-9-8-12-18(19)15-16-20(21)17-10-6-7-11-17/h8-9,12-13,15-17H,1-7,10-11,14H2. The highest BCUT2D eigenvalue weighted by molar-refractivity contribution is 5.87. The fourth-order valence-electron chi connectivity index (χ4n) is 3.91. The van der Waals surface area contributed by atoms with Gasteiger partial charge in [0.2, 0.25) is 0 Å². The largest absolute Gasteiger partial charge is 0.0616 e. The van der Waals surface area contributed by atoms with Crippen molar-refractivity contribution in [1.82, 2.24) is 0 Å². The van der Waals surface area contributed by atoms with Crippen molar-refractivity contribution in [3.8, 4) is 0 Å². The molecule has 2 aromatic rings. The Labute approximate surface area is 129 Å². The van der Waals surface area contributed by atoms with Gasteiger partial charge in [0.15, 0.2) is 0 Å². The van der Waals surface area contributed by atoms with Crippen molar-refractivity contribution in [2.45, 2.75) is 63.7 Å². The molecular weight excluding hydrogens is 252 g/mol. The minimum Gasteiger partial charge on any atom is -0.0616 e. The number of aryl methyl sites for hydroxylation is 1. The van der Waals surface area contributed by atoms with Crippen molar-refractivity contribution < 1.29 is 0 Å². The van der Waals surface area contributed by atoms with Crippen molar-refractivity contribution in [2.24, 2.45) is 0 Å². The second kappa shape index (κ2) is 7.11. The molecule has 0 atom stereocenters. The predicted molar refractivity (Wildman–Crippen MR) is 92.7 cm³/mol. The molecule has 0 aliphatic heterocycles. The van der Waals surface area contributed by atoms with Gasteiger partial charge >= 0.3 is 0 Å². The Hall–Kier alpha value is -1.30. The Morgan fingerprint density at radius 2 is 1.71 bits per heavy atom. The van der Waals surface area contributed by atoms with Gasteiger partial charge < -0.3 is 0 Å². The first kappa shape index (κ1) is 14.6. The molecule has 1 fully saturated rings. The summed E-state index contributed by atoms with van der Waals surface area (Å²) < 4.78 is 0. The van der Waals surface area contributed by atoms with Crippen molar-refractivity contribution in [3.05, 3.63) is 54.4 Å². The van der Waals surface area contributed by atoms with Gasteiger partial charge in [-0.25, -0.2) is 0 Å². The van der Waals surface area contributed by atoms with Gasteiger partial charge in [0.1, 0.15) is 0 Å². The molecule has 0 nitrogen and oxygen atoms in total. The number of rotatable bonds is 6. The van der Waals surface area contributed by atoms with Gasteiger partial charge in [-0.3, -0.25) is 0 Å². The van der Waals surface area contributed by atoms with E-state index in [1.807, 2.05) is 0 Å². The molecule has 1 aliphatic carbocycles. The van der Waals surface area contributed by atoms with E-state index >= 15 is 0 Å². The van der Waals surface area contributed by atoms with Gasteiger partial charge in [0.05, 0.1) is 0 Å². The van der Waals surface area contributed by atoms with E-state index in [2.05, 4.69) is 43.3 Å². The van der Waals surface area contributed by atoms with E-state index in [-0.39, 0.29) is 0 Å². The summed E-state index contributed by atoms with van der Waals surface area (Å²) in [7, 11) is 0. The summed E-state index contributed by atoms with van der Waals surface area (Å²) in [5.41, 5.74) is 3.30. The average Bonchev–Trinajstić information content (AvgIpc) is 3.05. The lowest BCUT2D eigenvalue weighted by atomic mass is 9.87. The predicted octanol–water partition coefficient (Wildman–Crippen LogP) is 6.43. The maximum absolute atomic E-state index is 3.96. The molecule has 0 N–H and O–H groups in total. The van der Waals surface area contributed by atoms with Gasteiger partial charge in [0, 0.05) is 0 Å². The van der Waals surface area contributed by atoms with E-state index in [1.165, 1.54) is 62.1 Å². The van der Waals surface area contributed by atoms with Gasteiger partial charge in [-0.15, -0.1) is 0 Å². The highest BCUT2D eigenvalue weighted by atomic mass is 14.3. The third-order valence-electron chi connectivity index (χ3n) is 5.05. The fourth-order valence-corrected chi connectivity index (χ4v) is 3.91. The van der Waals surface area contributed by atoms with E-state index in [9.17, 15) is 0 Å². The molecule has 0 heterocycles. The zero-order chi connectivity index (χ0) is 14.5. The summed E-state index contributed by atoms with van der Waals surface area (Å²) in [4.78, 5) is 0. The summed E-state index contributed by atoms with van der Waals surface area (Å²) in [6, 6.07) is 13.7. The number of hydrogen-bond acceptors (Lipinski definition) is 0. The van der Waals surface area contributed by atoms with Crippen LogP contribution < -0.4 is 0 Å². The minimum absolute atomic E-state index is 0.817. The monoisotopic (exact) mass is 279 g/mol. The summed E-state index contributed by atoms with van der Waals surface area (Å²) >= 11 is 0. The quantitative estimate of drug-likeness (QED) is 0.534. The van der Waals surface area contributed by atoms with Crippen LogP contribution in [0.1, 0.15) is 68.4 Å². The highest BCUT2D eigenvalue weighted by Gasteiger charge is 2.20. The van der Waals surface area contributed by atoms with Crippen molar-refractivity contribution in [3.63, 3.8) is 0 Å². The number of fused-ring (bicyclic) bond motifs is 1. The number of unbranched alkanes of at least 4 members (excludes halogenated alkanes) is 3. The summed E-state index contributed by atoms with van der Waals surface area (Å²) in [6.07, 6.45) is 11.8. The third-order valence-corrected chi connectivity index (χ3v) is 5.05. The van der Waals surface area contributed by atoms with Crippen molar-refractivity contribution in [1.29, 1.82) is 0 Å². The Bertz CT molecular complexity index is 576. The zero-order valence-corrected chi connectivity index (χ0v) is 13.1. The molecule has 0 bridgehead atoms. The van der Waals surface area contributed by atoms with E-state index in [1.54, 1.807) is 11.1 Å². The molecular formula is C21H27. The molecule has 2 aromatic carbocycles. The first-order chi connectivity index (χ1) is 10.4. The van der Waals surface area contributed by atoms with E-state index in [0.29, 0.717) is 0 Å². The van der Waals surface area contributed by atoms with Crippen molar-refractivity contribution >= 4 is 10.8 Å². The fraction of sp³-hybridized carbons (Fsp3) is 0.476. The van der Waals surface area contributed by atoms with E-state index in [0.717, 1.165) is 12.3 Å². The molecule has 0 unspecified atom stereocenters.